The van der Waals surface area contributed by atoms with Gasteiger partial charge in [-0.2, -0.15) is 19.0 Å². The van der Waals surface area contributed by atoms with E-state index in [9.17, 15) is 18.0 Å². The number of aryl methyl sites for hydroxylation is 1. The Kier molecular flexibility index (Phi) is 8.58. The largest absolute Gasteiger partial charge is 0.455 e. The first-order chi connectivity index (χ1) is 13.1. The molecular formula is C12H21N7O8S. The first kappa shape index (κ1) is 23.1. The van der Waals surface area contributed by atoms with Gasteiger partial charge in [-0.15, -0.1) is 9.35 Å². The lowest BCUT2D eigenvalue weighted by molar-refractivity contribution is 0.0462. The summed E-state index contributed by atoms with van der Waals surface area (Å²) >= 11 is 0. The normalized spacial score (nSPS) is 13.7. The van der Waals surface area contributed by atoms with Crippen LogP contribution in [0.4, 0.5) is 15.3 Å². The molecule has 0 saturated carbocycles. The van der Waals surface area contributed by atoms with Crippen LogP contribution in [0.3, 0.4) is 0 Å². The standard InChI is InChI=1S/C8H12N4O5S.C4H9N3O3/c1-3-11-5-7-6(4-9-10(7)2)12(8(11)13)17-18(14,15)16;1-5-3-6-10-4(8)7-9-2/h4H,3,5H2,1-2H3,(H,14,15,16);3H,1-2H3,(H,5,6)(H,7,8). The van der Waals surface area contributed by atoms with E-state index in [1.54, 1.807) is 14.0 Å². The number of hydrogen-bond acceptors (Lipinski definition) is 9. The lowest BCUT2D eigenvalue weighted by Crippen LogP contribution is -2.47. The van der Waals surface area contributed by atoms with E-state index in [0.29, 0.717) is 23.8 Å². The smallest absolute Gasteiger partial charge is 0.322 e. The molecule has 16 heteroatoms. The van der Waals surface area contributed by atoms with Gasteiger partial charge < -0.3 is 9.74 Å². The fourth-order valence-corrected chi connectivity index (χ4v) is 2.27. The number of hydroxylamine groups is 3. The molecule has 1 aromatic rings. The summed E-state index contributed by atoms with van der Waals surface area (Å²) < 4.78 is 36.0. The van der Waals surface area contributed by atoms with E-state index in [1.165, 1.54) is 36.3 Å². The molecule has 0 bridgehead atoms. The molecule has 2 rings (SSSR count). The Hall–Kier alpha value is -2.95. The average Bonchev–Trinajstić information content (AvgIpc) is 2.98. The minimum Gasteiger partial charge on any atom is -0.322 e. The summed E-state index contributed by atoms with van der Waals surface area (Å²) in [5.74, 6) is 0. The summed E-state index contributed by atoms with van der Waals surface area (Å²) in [4.78, 5) is 35.6. The Labute approximate surface area is 160 Å². The molecule has 0 atom stereocenters. The molecule has 3 amide bonds. The number of nitrogens with one attached hydrogen (secondary N) is 2. The van der Waals surface area contributed by atoms with Crippen molar-refractivity contribution in [3.63, 3.8) is 0 Å². The number of anilines is 1. The summed E-state index contributed by atoms with van der Waals surface area (Å²) in [5.41, 5.74) is 4.87. The topological polar surface area (TPSA) is 177 Å². The predicted molar refractivity (Wildman–Crippen MR) is 94.0 cm³/mol. The monoisotopic (exact) mass is 423 g/mol. The fourth-order valence-electron chi connectivity index (χ4n) is 1.93. The zero-order valence-corrected chi connectivity index (χ0v) is 16.3. The number of carbonyl (C=O) groups is 2. The van der Waals surface area contributed by atoms with Crippen LogP contribution >= 0.6 is 0 Å². The number of urea groups is 1. The van der Waals surface area contributed by atoms with Crippen LogP contribution in [0.5, 0.6) is 0 Å². The number of amides is 3. The van der Waals surface area contributed by atoms with E-state index in [1.807, 2.05) is 5.48 Å². The van der Waals surface area contributed by atoms with Crippen LogP contribution < -0.4 is 16.0 Å². The van der Waals surface area contributed by atoms with Gasteiger partial charge in [0.05, 0.1) is 25.5 Å². The SMILES string of the molecule is CCN1Cc2c(cnn2C)N(OS(=O)(=O)O)C1=O.CN=CNOC(=O)NOC. The molecule has 1 aliphatic rings. The fraction of sp³-hybridized carbons (Fsp3) is 0.500. The number of aromatic nitrogens is 2. The van der Waals surface area contributed by atoms with Gasteiger partial charge in [-0.05, 0) is 6.92 Å². The van der Waals surface area contributed by atoms with Crippen LogP contribution in [0, 0.1) is 0 Å². The Morgan fingerprint density at radius 2 is 2.18 bits per heavy atom. The molecule has 158 valence electrons. The number of rotatable bonds is 6. The molecule has 2 heterocycles. The number of aliphatic imine (C=N–C) groups is 1. The van der Waals surface area contributed by atoms with Crippen molar-refractivity contribution in [1.29, 1.82) is 0 Å². The molecule has 0 fully saturated rings. The quantitative estimate of drug-likeness (QED) is 0.231. The molecular weight excluding hydrogens is 402 g/mol. The van der Waals surface area contributed by atoms with Crippen LogP contribution in [-0.2, 0) is 38.0 Å². The highest BCUT2D eigenvalue weighted by Crippen LogP contribution is 2.28. The van der Waals surface area contributed by atoms with Crippen LogP contribution in [0.25, 0.3) is 0 Å². The maximum absolute atomic E-state index is 11.9. The van der Waals surface area contributed by atoms with E-state index in [0.717, 1.165) is 0 Å². The van der Waals surface area contributed by atoms with Crippen molar-refractivity contribution in [3.05, 3.63) is 11.9 Å². The van der Waals surface area contributed by atoms with E-state index >= 15 is 0 Å². The molecule has 0 aromatic carbocycles. The highest BCUT2D eigenvalue weighted by molar-refractivity contribution is 7.81. The highest BCUT2D eigenvalue weighted by Gasteiger charge is 2.35. The summed E-state index contributed by atoms with van der Waals surface area (Å²) in [6.07, 6.45) is 1.78. The lowest BCUT2D eigenvalue weighted by Gasteiger charge is -2.32. The summed E-state index contributed by atoms with van der Waals surface area (Å²) in [7, 11) is -0.286. The summed E-state index contributed by atoms with van der Waals surface area (Å²) in [6.45, 7) is 2.41. The van der Waals surface area contributed by atoms with E-state index in [2.05, 4.69) is 29.5 Å². The number of fused-ring (bicyclic) bond motifs is 1. The van der Waals surface area contributed by atoms with Gasteiger partial charge in [0.25, 0.3) is 0 Å². The van der Waals surface area contributed by atoms with E-state index < -0.39 is 22.5 Å². The summed E-state index contributed by atoms with van der Waals surface area (Å²) in [5, 5.41) is 4.44. The van der Waals surface area contributed by atoms with E-state index in [4.69, 9.17) is 4.55 Å². The number of hydrogen-bond donors (Lipinski definition) is 3. The predicted octanol–water partition coefficient (Wildman–Crippen LogP) is -0.647. The molecule has 0 unspecified atom stereocenters. The zero-order valence-electron chi connectivity index (χ0n) is 15.5. The molecule has 0 radical (unpaired) electrons. The second kappa shape index (κ2) is 10.4. The second-order valence-electron chi connectivity index (χ2n) is 4.89. The van der Waals surface area contributed by atoms with Crippen LogP contribution in [0.15, 0.2) is 11.2 Å². The van der Waals surface area contributed by atoms with Gasteiger partial charge in [-0.25, -0.2) is 15.1 Å². The molecule has 15 nitrogen and oxygen atoms in total. The molecule has 0 saturated heterocycles. The number of nitrogens with zero attached hydrogens (tertiary/aromatic N) is 5. The Morgan fingerprint density at radius 3 is 2.71 bits per heavy atom. The Bertz CT molecular complexity index is 809. The Morgan fingerprint density at radius 1 is 1.50 bits per heavy atom. The van der Waals surface area contributed by atoms with Crippen molar-refractivity contribution < 1.29 is 36.5 Å². The first-order valence-corrected chi connectivity index (χ1v) is 8.93. The van der Waals surface area contributed by atoms with Gasteiger partial charge in [0.2, 0.25) is 0 Å². The van der Waals surface area contributed by atoms with Crippen LogP contribution in [0.1, 0.15) is 12.6 Å². The number of carbonyl (C=O) groups excluding carboxylic acids is 2. The van der Waals surface area contributed by atoms with Gasteiger partial charge in [0.15, 0.2) is 0 Å². The zero-order chi connectivity index (χ0) is 21.3. The minimum absolute atomic E-state index is 0.199. The molecule has 1 aromatic heterocycles. The molecule has 0 aliphatic carbocycles. The maximum Gasteiger partial charge on any atom is 0.455 e. The second-order valence-corrected chi connectivity index (χ2v) is 5.90. The average molecular weight is 423 g/mol. The van der Waals surface area contributed by atoms with Crippen LogP contribution in [0.2, 0.25) is 0 Å². The van der Waals surface area contributed by atoms with Gasteiger partial charge in [0.1, 0.15) is 12.0 Å². The van der Waals surface area contributed by atoms with Crippen molar-refractivity contribution in [2.45, 2.75) is 13.5 Å². The minimum atomic E-state index is -4.78. The molecule has 28 heavy (non-hydrogen) atoms. The first-order valence-electron chi connectivity index (χ1n) is 7.57. The maximum atomic E-state index is 11.9. The third-order valence-corrected chi connectivity index (χ3v) is 3.45. The lowest BCUT2D eigenvalue weighted by atomic mass is 10.3. The van der Waals surface area contributed by atoms with E-state index in [-0.39, 0.29) is 5.69 Å². The summed E-state index contributed by atoms with van der Waals surface area (Å²) in [6, 6.07) is -0.671. The van der Waals surface area contributed by atoms with Crippen molar-refractivity contribution in [3.8, 4) is 0 Å². The van der Waals surface area contributed by atoms with Crippen molar-refractivity contribution in [2.75, 3.05) is 25.8 Å². The highest BCUT2D eigenvalue weighted by atomic mass is 32.3. The van der Waals surface area contributed by atoms with Gasteiger partial charge >= 0.3 is 22.5 Å². The van der Waals surface area contributed by atoms with Gasteiger partial charge in [-0.3, -0.25) is 19.1 Å². The molecule has 1 aliphatic heterocycles. The third-order valence-electron chi connectivity index (χ3n) is 3.11. The molecule has 0 spiro atoms. The Balaban J connectivity index is 0.000000336. The van der Waals surface area contributed by atoms with Crippen LogP contribution in [-0.4, -0.2) is 66.8 Å². The molecule has 3 N–H and O–H groups in total. The van der Waals surface area contributed by atoms with Crippen molar-refractivity contribution >= 4 is 34.5 Å². The van der Waals surface area contributed by atoms with Gasteiger partial charge in [-0.1, -0.05) is 0 Å². The third kappa shape index (κ3) is 6.65. The van der Waals surface area contributed by atoms with Gasteiger partial charge in [0, 0.05) is 20.6 Å². The van der Waals surface area contributed by atoms with Crippen molar-refractivity contribution in [2.24, 2.45) is 12.0 Å². The van der Waals surface area contributed by atoms with Crippen molar-refractivity contribution in [1.82, 2.24) is 25.6 Å².